The lowest BCUT2D eigenvalue weighted by Crippen LogP contribution is -2.25. The molecular weight excluding hydrogens is 544 g/mol. The Hall–Kier alpha value is -2.66. The molecule has 4 heteroatoms. The molecule has 0 saturated heterocycles. The lowest BCUT2D eigenvalue weighted by atomic mass is 9.68. The molecule has 0 unspecified atom stereocenters. The predicted octanol–water partition coefficient (Wildman–Crippen LogP) is 9.66. The molecule has 2 fully saturated rings. The van der Waals surface area contributed by atoms with Gasteiger partial charge in [-0.1, -0.05) is 80.1 Å². The Bertz CT molecular complexity index is 1170. The second-order valence-electron chi connectivity index (χ2n) is 13.4. The van der Waals surface area contributed by atoms with Crippen LogP contribution in [-0.4, -0.2) is 30.0 Å². The first-order valence-corrected chi connectivity index (χ1v) is 17.2. The molecular formula is C40H56O4. The van der Waals surface area contributed by atoms with E-state index in [1.165, 1.54) is 92.0 Å². The fourth-order valence-corrected chi connectivity index (χ4v) is 7.50. The molecule has 0 aromatic heterocycles. The quantitative estimate of drug-likeness (QED) is 0.0588. The summed E-state index contributed by atoms with van der Waals surface area (Å²) in [7, 11) is 0. The van der Waals surface area contributed by atoms with Gasteiger partial charge in [0.25, 0.3) is 0 Å². The Morgan fingerprint density at radius 2 is 1.41 bits per heavy atom. The standard InChI is InChI=1S/C40H56O4/c1-4-5-9-32-12-14-35(15-13-32)36-16-18-37(19-17-36)38-20-22-39(23-21-38)40-26-33(10-6-8-30(2)28-41)25-34(27-40)11-7-24-43-44-31(3)29-42/h4,20-23,25-27,32,35-37,41-42H,1-3,5-19,24,28-29H2. The zero-order valence-corrected chi connectivity index (χ0v) is 27.0. The molecule has 2 aliphatic rings. The first-order valence-electron chi connectivity index (χ1n) is 17.2. The van der Waals surface area contributed by atoms with E-state index in [-0.39, 0.29) is 19.0 Å². The van der Waals surface area contributed by atoms with Gasteiger partial charge in [0.05, 0.1) is 13.2 Å². The fourth-order valence-electron chi connectivity index (χ4n) is 7.50. The largest absolute Gasteiger partial charge is 0.392 e. The van der Waals surface area contributed by atoms with Gasteiger partial charge in [-0.15, -0.1) is 6.58 Å². The van der Waals surface area contributed by atoms with Crippen molar-refractivity contribution in [2.45, 2.75) is 102 Å². The minimum Gasteiger partial charge on any atom is -0.392 e. The van der Waals surface area contributed by atoms with Crippen molar-refractivity contribution in [3.05, 3.63) is 96.3 Å². The Kier molecular flexibility index (Phi) is 14.3. The van der Waals surface area contributed by atoms with Crippen LogP contribution in [-0.2, 0) is 22.6 Å². The highest BCUT2D eigenvalue weighted by atomic mass is 17.2. The van der Waals surface area contributed by atoms with Crippen molar-refractivity contribution in [3.8, 4) is 11.1 Å². The summed E-state index contributed by atoms with van der Waals surface area (Å²) >= 11 is 0. The van der Waals surface area contributed by atoms with Crippen molar-refractivity contribution in [1.29, 1.82) is 0 Å². The number of rotatable bonds is 18. The first kappa shape index (κ1) is 34.2. The number of hydrogen-bond acceptors (Lipinski definition) is 4. The van der Waals surface area contributed by atoms with Crippen LogP contribution in [0, 0.1) is 17.8 Å². The van der Waals surface area contributed by atoms with Crippen LogP contribution in [0.1, 0.15) is 106 Å². The third-order valence-electron chi connectivity index (χ3n) is 10.1. The van der Waals surface area contributed by atoms with Gasteiger partial charge in [-0.3, -0.25) is 0 Å². The minimum atomic E-state index is -0.244. The summed E-state index contributed by atoms with van der Waals surface area (Å²) in [6, 6.07) is 16.3. The Labute approximate surface area is 266 Å². The molecule has 0 atom stereocenters. The Balaban J connectivity index is 1.33. The number of aliphatic hydroxyl groups excluding tert-OH is 2. The highest BCUT2D eigenvalue weighted by Gasteiger charge is 2.31. The number of aryl methyl sites for hydroxylation is 2. The van der Waals surface area contributed by atoms with E-state index < -0.39 is 0 Å². The van der Waals surface area contributed by atoms with Crippen molar-refractivity contribution in [3.63, 3.8) is 0 Å². The summed E-state index contributed by atoms with van der Waals surface area (Å²) < 4.78 is 0. The van der Waals surface area contributed by atoms with Gasteiger partial charge in [0, 0.05) is 0 Å². The van der Waals surface area contributed by atoms with Crippen LogP contribution in [0.25, 0.3) is 11.1 Å². The van der Waals surface area contributed by atoms with Crippen LogP contribution < -0.4 is 0 Å². The van der Waals surface area contributed by atoms with Crippen LogP contribution in [0.3, 0.4) is 0 Å². The smallest absolute Gasteiger partial charge is 0.160 e. The zero-order chi connectivity index (χ0) is 31.1. The topological polar surface area (TPSA) is 58.9 Å². The maximum atomic E-state index is 9.34. The number of allylic oxidation sites excluding steroid dienone is 1. The summed E-state index contributed by atoms with van der Waals surface area (Å²) in [6.07, 6.45) is 20.3. The average molecular weight is 601 g/mol. The molecule has 0 aliphatic heterocycles. The predicted molar refractivity (Wildman–Crippen MR) is 182 cm³/mol. The number of hydrogen-bond donors (Lipinski definition) is 2. The lowest BCUT2D eigenvalue weighted by molar-refractivity contribution is -0.265. The van der Waals surface area contributed by atoms with E-state index in [0.717, 1.165) is 55.4 Å². The normalized spacial score (nSPS) is 22.0. The molecule has 44 heavy (non-hydrogen) atoms. The number of benzene rings is 2. The zero-order valence-electron chi connectivity index (χ0n) is 27.0. The van der Waals surface area contributed by atoms with Crippen molar-refractivity contribution < 1.29 is 20.0 Å². The monoisotopic (exact) mass is 600 g/mol. The van der Waals surface area contributed by atoms with E-state index in [1.54, 1.807) is 0 Å². The van der Waals surface area contributed by atoms with Gasteiger partial charge in [0.1, 0.15) is 6.61 Å². The van der Waals surface area contributed by atoms with E-state index in [0.29, 0.717) is 12.5 Å². The molecule has 240 valence electrons. The van der Waals surface area contributed by atoms with Crippen LogP contribution in [0.5, 0.6) is 0 Å². The Morgan fingerprint density at radius 3 is 2.02 bits per heavy atom. The van der Waals surface area contributed by atoms with E-state index in [1.807, 2.05) is 0 Å². The first-order chi connectivity index (χ1) is 21.5. The summed E-state index contributed by atoms with van der Waals surface area (Å²) in [6.45, 7) is 11.7. The van der Waals surface area contributed by atoms with Crippen molar-refractivity contribution in [2.24, 2.45) is 17.8 Å². The van der Waals surface area contributed by atoms with Gasteiger partial charge in [0.2, 0.25) is 0 Å². The molecule has 2 saturated carbocycles. The third-order valence-corrected chi connectivity index (χ3v) is 10.1. The highest BCUT2D eigenvalue weighted by molar-refractivity contribution is 5.65. The SMILES string of the molecule is C=CCCC1CCC(C2CCC(c3ccc(-c4cc(CCCOOC(=C)CO)cc(CCCC(=C)CO)c4)cc3)CC2)CC1. The van der Waals surface area contributed by atoms with Gasteiger partial charge in [-0.05, 0) is 135 Å². The van der Waals surface area contributed by atoms with E-state index >= 15 is 0 Å². The summed E-state index contributed by atoms with van der Waals surface area (Å²) in [4.78, 5) is 10.2. The summed E-state index contributed by atoms with van der Waals surface area (Å²) in [5.74, 6) is 3.74. The maximum absolute atomic E-state index is 9.34. The van der Waals surface area contributed by atoms with Gasteiger partial charge >= 0.3 is 0 Å². The minimum absolute atomic E-state index is 0.0570. The molecule has 0 amide bonds. The number of aliphatic hydroxyl groups is 2. The fraction of sp³-hybridized carbons (Fsp3) is 0.550. The van der Waals surface area contributed by atoms with Crippen molar-refractivity contribution in [2.75, 3.05) is 19.8 Å². The molecule has 0 heterocycles. The molecule has 2 aromatic carbocycles. The second kappa shape index (κ2) is 18.3. The third kappa shape index (κ3) is 10.8. The molecule has 2 aromatic rings. The molecule has 2 aliphatic carbocycles. The van der Waals surface area contributed by atoms with Gasteiger partial charge in [0.15, 0.2) is 5.76 Å². The average Bonchev–Trinajstić information content (AvgIpc) is 3.07. The van der Waals surface area contributed by atoms with E-state index in [9.17, 15) is 5.11 Å². The maximum Gasteiger partial charge on any atom is 0.160 e. The lowest BCUT2D eigenvalue weighted by Gasteiger charge is -2.38. The van der Waals surface area contributed by atoms with Crippen LogP contribution in [0.2, 0.25) is 0 Å². The highest BCUT2D eigenvalue weighted by Crippen LogP contribution is 2.44. The molecule has 0 bridgehead atoms. The van der Waals surface area contributed by atoms with Crippen LogP contribution >= 0.6 is 0 Å². The molecule has 2 N–H and O–H groups in total. The van der Waals surface area contributed by atoms with Gasteiger partial charge in [-0.25, -0.2) is 0 Å². The van der Waals surface area contributed by atoms with Gasteiger partial charge < -0.3 is 15.1 Å². The molecule has 4 nitrogen and oxygen atoms in total. The molecule has 0 spiro atoms. The van der Waals surface area contributed by atoms with E-state index in [4.69, 9.17) is 14.9 Å². The summed E-state index contributed by atoms with van der Waals surface area (Å²) in [5, 5.41) is 18.3. The molecule has 0 radical (unpaired) electrons. The van der Waals surface area contributed by atoms with Crippen LogP contribution in [0.15, 0.2) is 79.6 Å². The second-order valence-corrected chi connectivity index (χ2v) is 13.4. The summed E-state index contributed by atoms with van der Waals surface area (Å²) in [5.41, 5.74) is 7.49. The van der Waals surface area contributed by atoms with E-state index in [2.05, 4.69) is 68.3 Å². The van der Waals surface area contributed by atoms with Gasteiger partial charge in [-0.2, -0.15) is 4.89 Å². The van der Waals surface area contributed by atoms with Crippen molar-refractivity contribution in [1.82, 2.24) is 0 Å². The Morgan fingerprint density at radius 1 is 0.773 bits per heavy atom. The molecule has 4 rings (SSSR count). The van der Waals surface area contributed by atoms with Crippen LogP contribution in [0.4, 0.5) is 0 Å². The van der Waals surface area contributed by atoms with Crippen molar-refractivity contribution >= 4 is 0 Å².